The minimum Gasteiger partial charge on any atom is -0.489 e. The van der Waals surface area contributed by atoms with Crippen LogP contribution in [0.15, 0.2) is 95.7 Å². The van der Waals surface area contributed by atoms with E-state index in [-0.39, 0.29) is 24.1 Å². The highest BCUT2D eigenvalue weighted by molar-refractivity contribution is 5.91. The molecular formula is C25H21FN2O3. The molecule has 1 amide bonds. The molecule has 2 heterocycles. The largest absolute Gasteiger partial charge is 0.489 e. The van der Waals surface area contributed by atoms with Crippen LogP contribution in [0.3, 0.4) is 0 Å². The molecule has 5 nitrogen and oxygen atoms in total. The molecule has 0 aliphatic heterocycles. The molecule has 0 saturated carbocycles. The Morgan fingerprint density at radius 1 is 0.935 bits per heavy atom. The molecule has 0 radical (unpaired) electrons. The van der Waals surface area contributed by atoms with Gasteiger partial charge >= 0.3 is 0 Å². The second-order valence-electron chi connectivity index (χ2n) is 7.02. The lowest BCUT2D eigenvalue weighted by molar-refractivity contribution is 0.0695. The highest BCUT2D eigenvalue weighted by Gasteiger charge is 2.19. The third-order valence-electron chi connectivity index (χ3n) is 4.69. The van der Waals surface area contributed by atoms with Crippen molar-refractivity contribution in [1.29, 1.82) is 0 Å². The zero-order chi connectivity index (χ0) is 21.5. The summed E-state index contributed by atoms with van der Waals surface area (Å²) >= 11 is 0. The van der Waals surface area contributed by atoms with Crippen molar-refractivity contribution in [3.63, 3.8) is 0 Å². The summed E-state index contributed by atoms with van der Waals surface area (Å²) in [4.78, 5) is 18.9. The van der Waals surface area contributed by atoms with E-state index in [2.05, 4.69) is 4.98 Å². The number of benzene rings is 2. The van der Waals surface area contributed by atoms with Crippen molar-refractivity contribution < 1.29 is 18.3 Å². The lowest BCUT2D eigenvalue weighted by Gasteiger charge is -2.21. The van der Waals surface area contributed by atoms with E-state index in [0.29, 0.717) is 18.8 Å². The molecule has 0 unspecified atom stereocenters. The summed E-state index contributed by atoms with van der Waals surface area (Å²) < 4.78 is 24.3. The van der Waals surface area contributed by atoms with E-state index in [9.17, 15) is 9.18 Å². The quantitative estimate of drug-likeness (QED) is 0.394. The van der Waals surface area contributed by atoms with Crippen LogP contribution in [0.25, 0.3) is 0 Å². The predicted octanol–water partition coefficient (Wildman–Crippen LogP) is 5.24. The number of carbonyl (C=O) groups is 1. The Morgan fingerprint density at radius 3 is 2.52 bits per heavy atom. The van der Waals surface area contributed by atoms with Crippen LogP contribution in [0.2, 0.25) is 0 Å². The maximum atomic E-state index is 13.3. The fourth-order valence-electron chi connectivity index (χ4n) is 3.15. The van der Waals surface area contributed by atoms with Crippen molar-refractivity contribution in [2.45, 2.75) is 19.7 Å². The Labute approximate surface area is 179 Å². The van der Waals surface area contributed by atoms with E-state index in [1.54, 1.807) is 29.3 Å². The molecule has 0 N–H and O–H groups in total. The molecule has 0 spiro atoms. The van der Waals surface area contributed by atoms with Crippen LogP contribution in [0.5, 0.6) is 5.75 Å². The van der Waals surface area contributed by atoms with E-state index >= 15 is 0 Å². The lowest BCUT2D eigenvalue weighted by atomic mass is 10.2. The van der Waals surface area contributed by atoms with Crippen molar-refractivity contribution in [3.05, 3.63) is 120 Å². The molecule has 156 valence electrons. The molecule has 0 fully saturated rings. The summed E-state index contributed by atoms with van der Waals surface area (Å²) in [6.45, 7) is 1.03. The maximum Gasteiger partial charge on any atom is 0.290 e. The molecule has 0 aliphatic rings. The molecule has 4 rings (SSSR count). The Hall–Kier alpha value is -3.93. The van der Waals surface area contributed by atoms with Crippen LogP contribution < -0.4 is 4.74 Å². The molecule has 2 aromatic carbocycles. The zero-order valence-corrected chi connectivity index (χ0v) is 16.8. The maximum absolute atomic E-state index is 13.3. The second kappa shape index (κ2) is 9.71. The normalized spacial score (nSPS) is 10.6. The van der Waals surface area contributed by atoms with Crippen LogP contribution in [0.1, 0.15) is 27.4 Å². The minimum absolute atomic E-state index is 0.206. The Kier molecular flexibility index (Phi) is 6.38. The number of nitrogens with zero attached hydrogens (tertiary/aromatic N) is 2. The molecular weight excluding hydrogens is 395 g/mol. The van der Waals surface area contributed by atoms with Gasteiger partial charge in [0.1, 0.15) is 18.2 Å². The first kappa shape index (κ1) is 20.3. The SMILES string of the molecule is O=C(c1ccco1)N(Cc1ccc(OCc2cccc(F)c2)cc1)Cc1ccccn1. The number of hydrogen-bond acceptors (Lipinski definition) is 4. The number of amides is 1. The summed E-state index contributed by atoms with van der Waals surface area (Å²) in [6, 6.07) is 22.8. The van der Waals surface area contributed by atoms with Gasteiger partial charge in [-0.2, -0.15) is 0 Å². The fraction of sp³-hybridized carbons (Fsp3) is 0.120. The van der Waals surface area contributed by atoms with E-state index < -0.39 is 0 Å². The third kappa shape index (κ3) is 5.57. The van der Waals surface area contributed by atoms with Gasteiger partial charge in [0.05, 0.1) is 18.5 Å². The number of pyridine rings is 1. The summed E-state index contributed by atoms with van der Waals surface area (Å²) in [6.07, 6.45) is 3.19. The van der Waals surface area contributed by atoms with Gasteiger partial charge in [-0.3, -0.25) is 9.78 Å². The van der Waals surface area contributed by atoms with Gasteiger partial charge in [0.2, 0.25) is 0 Å². The van der Waals surface area contributed by atoms with Crippen LogP contribution in [-0.4, -0.2) is 15.8 Å². The Balaban J connectivity index is 1.44. The van der Waals surface area contributed by atoms with E-state index in [1.807, 2.05) is 48.5 Å². The standard InChI is InChI=1S/C25H21FN2O3/c26-21-6-3-5-20(15-21)18-31-23-11-9-19(10-12-23)16-28(17-22-7-1-2-13-27-22)25(29)24-8-4-14-30-24/h1-15H,16-18H2. The van der Waals surface area contributed by atoms with E-state index in [4.69, 9.17) is 9.15 Å². The summed E-state index contributed by atoms with van der Waals surface area (Å²) in [5.41, 5.74) is 2.49. The molecule has 2 aromatic heterocycles. The van der Waals surface area contributed by atoms with Gasteiger partial charge in [-0.25, -0.2) is 4.39 Å². The topological polar surface area (TPSA) is 55.6 Å². The molecule has 0 aliphatic carbocycles. The lowest BCUT2D eigenvalue weighted by Crippen LogP contribution is -2.30. The number of halogens is 1. The van der Waals surface area contributed by atoms with E-state index in [1.165, 1.54) is 18.4 Å². The van der Waals surface area contributed by atoms with Crippen LogP contribution in [-0.2, 0) is 19.7 Å². The van der Waals surface area contributed by atoms with Crippen molar-refractivity contribution in [1.82, 2.24) is 9.88 Å². The van der Waals surface area contributed by atoms with Crippen LogP contribution >= 0.6 is 0 Å². The highest BCUT2D eigenvalue weighted by Crippen LogP contribution is 2.18. The first-order valence-corrected chi connectivity index (χ1v) is 9.86. The average molecular weight is 416 g/mol. The molecule has 0 saturated heterocycles. The minimum atomic E-state index is -0.286. The van der Waals surface area contributed by atoms with Gasteiger partial charge in [-0.15, -0.1) is 0 Å². The first-order valence-electron chi connectivity index (χ1n) is 9.86. The second-order valence-corrected chi connectivity index (χ2v) is 7.02. The Bertz CT molecular complexity index is 1110. The van der Waals surface area contributed by atoms with Crippen LogP contribution in [0, 0.1) is 5.82 Å². The monoisotopic (exact) mass is 416 g/mol. The molecule has 6 heteroatoms. The summed E-state index contributed by atoms with van der Waals surface area (Å²) in [5, 5.41) is 0. The van der Waals surface area contributed by atoms with Gasteiger partial charge in [-0.05, 0) is 59.7 Å². The molecule has 4 aromatic rings. The van der Waals surface area contributed by atoms with Gasteiger partial charge in [0.25, 0.3) is 5.91 Å². The highest BCUT2D eigenvalue weighted by atomic mass is 19.1. The Morgan fingerprint density at radius 2 is 1.81 bits per heavy atom. The molecule has 0 bridgehead atoms. The van der Waals surface area contributed by atoms with Gasteiger partial charge in [0.15, 0.2) is 5.76 Å². The number of hydrogen-bond donors (Lipinski definition) is 0. The number of carbonyl (C=O) groups excluding carboxylic acids is 1. The zero-order valence-electron chi connectivity index (χ0n) is 16.8. The van der Waals surface area contributed by atoms with Crippen molar-refractivity contribution in [2.75, 3.05) is 0 Å². The van der Waals surface area contributed by atoms with Gasteiger partial charge < -0.3 is 14.1 Å². The number of aromatic nitrogens is 1. The van der Waals surface area contributed by atoms with Crippen LogP contribution in [0.4, 0.5) is 4.39 Å². The fourth-order valence-corrected chi connectivity index (χ4v) is 3.15. The first-order chi connectivity index (χ1) is 15.2. The number of ether oxygens (including phenoxy) is 1. The number of rotatable bonds is 8. The third-order valence-corrected chi connectivity index (χ3v) is 4.69. The number of furan rings is 1. The smallest absolute Gasteiger partial charge is 0.290 e. The predicted molar refractivity (Wildman–Crippen MR) is 114 cm³/mol. The molecule has 31 heavy (non-hydrogen) atoms. The van der Waals surface area contributed by atoms with Crippen molar-refractivity contribution >= 4 is 5.91 Å². The van der Waals surface area contributed by atoms with Gasteiger partial charge in [0, 0.05) is 12.7 Å². The summed E-state index contributed by atoms with van der Waals surface area (Å²) in [7, 11) is 0. The van der Waals surface area contributed by atoms with Crippen molar-refractivity contribution in [2.24, 2.45) is 0 Å². The molecule has 0 atom stereocenters. The average Bonchev–Trinajstić information content (AvgIpc) is 3.33. The summed E-state index contributed by atoms with van der Waals surface area (Å²) in [5.74, 6) is 0.459. The van der Waals surface area contributed by atoms with Crippen molar-refractivity contribution in [3.8, 4) is 5.75 Å². The van der Waals surface area contributed by atoms with E-state index in [0.717, 1.165) is 16.8 Å². The van der Waals surface area contributed by atoms with Gasteiger partial charge in [-0.1, -0.05) is 30.3 Å².